The number of halogens is 1. The number of carbonyl (C=O) groups excluding carboxylic acids is 1. The molecule has 0 spiro atoms. The van der Waals surface area contributed by atoms with E-state index in [1.165, 1.54) is 25.8 Å². The molecule has 2 aliphatic rings. The molecule has 4 nitrogen and oxygen atoms in total. The highest BCUT2D eigenvalue weighted by atomic mass is 35.5. The van der Waals surface area contributed by atoms with Crippen LogP contribution in [-0.4, -0.2) is 43.1 Å². The van der Waals surface area contributed by atoms with Crippen molar-refractivity contribution in [1.82, 2.24) is 10.2 Å². The Morgan fingerprint density at radius 2 is 2.14 bits per heavy atom. The summed E-state index contributed by atoms with van der Waals surface area (Å²) in [5, 5.41) is 3.66. The Morgan fingerprint density at radius 3 is 2.91 bits per heavy atom. The predicted octanol–water partition coefficient (Wildman–Crippen LogP) is 2.46. The van der Waals surface area contributed by atoms with Crippen molar-refractivity contribution in [3.05, 3.63) is 34.9 Å². The van der Waals surface area contributed by atoms with Crippen LogP contribution in [0.25, 0.3) is 0 Å². The van der Waals surface area contributed by atoms with Gasteiger partial charge < -0.3 is 15.0 Å². The Morgan fingerprint density at radius 1 is 1.32 bits per heavy atom. The molecule has 1 saturated carbocycles. The topological polar surface area (TPSA) is 41.6 Å². The van der Waals surface area contributed by atoms with Crippen molar-refractivity contribution in [2.45, 2.75) is 31.9 Å². The first-order valence-electron chi connectivity index (χ1n) is 8.04. The smallest absolute Gasteiger partial charge is 0.246 e. The third-order valence-electron chi connectivity index (χ3n) is 4.42. The van der Waals surface area contributed by atoms with Gasteiger partial charge in [0.1, 0.15) is 6.61 Å². The number of benzene rings is 1. The van der Waals surface area contributed by atoms with Crippen LogP contribution in [0.1, 0.15) is 24.8 Å². The van der Waals surface area contributed by atoms with Gasteiger partial charge in [0.15, 0.2) is 0 Å². The van der Waals surface area contributed by atoms with E-state index in [-0.39, 0.29) is 12.5 Å². The molecule has 22 heavy (non-hydrogen) atoms. The molecule has 1 aliphatic heterocycles. The van der Waals surface area contributed by atoms with Crippen LogP contribution in [0.5, 0.6) is 0 Å². The molecule has 1 aliphatic carbocycles. The van der Waals surface area contributed by atoms with Gasteiger partial charge in [0, 0.05) is 24.2 Å². The number of hydrogen-bond donors (Lipinski definition) is 1. The summed E-state index contributed by atoms with van der Waals surface area (Å²) in [7, 11) is 0. The fraction of sp³-hybridized carbons (Fsp3) is 0.588. The Kier molecular flexibility index (Phi) is 5.34. The van der Waals surface area contributed by atoms with E-state index in [0.29, 0.717) is 17.5 Å². The number of ether oxygens (including phenoxy) is 1. The van der Waals surface area contributed by atoms with E-state index in [0.717, 1.165) is 24.7 Å². The first kappa shape index (κ1) is 15.8. The van der Waals surface area contributed by atoms with Gasteiger partial charge in [0.25, 0.3) is 0 Å². The highest BCUT2D eigenvalue weighted by molar-refractivity contribution is 6.31. The summed E-state index contributed by atoms with van der Waals surface area (Å²) in [6.07, 6.45) is 3.90. The van der Waals surface area contributed by atoms with E-state index in [4.69, 9.17) is 16.3 Å². The second kappa shape index (κ2) is 7.44. The Labute approximate surface area is 136 Å². The molecule has 2 fully saturated rings. The zero-order chi connectivity index (χ0) is 15.4. The lowest BCUT2D eigenvalue weighted by Crippen LogP contribution is -2.33. The van der Waals surface area contributed by atoms with Crippen LogP contribution in [0.4, 0.5) is 0 Å². The zero-order valence-corrected chi connectivity index (χ0v) is 13.5. The molecule has 0 bridgehead atoms. The molecule has 1 saturated heterocycles. The molecule has 0 unspecified atom stereocenters. The van der Waals surface area contributed by atoms with Crippen molar-refractivity contribution in [2.75, 3.05) is 26.2 Å². The maximum atomic E-state index is 11.8. The van der Waals surface area contributed by atoms with Crippen LogP contribution in [0.15, 0.2) is 24.3 Å². The van der Waals surface area contributed by atoms with Gasteiger partial charge in [0.05, 0.1) is 6.61 Å². The van der Waals surface area contributed by atoms with E-state index >= 15 is 0 Å². The average molecular weight is 323 g/mol. The number of likely N-dealkylation sites (tertiary alicyclic amines) is 1. The number of hydrogen-bond acceptors (Lipinski definition) is 3. The van der Waals surface area contributed by atoms with Crippen LogP contribution >= 0.6 is 11.6 Å². The van der Waals surface area contributed by atoms with Gasteiger partial charge in [-0.15, -0.1) is 0 Å². The largest absolute Gasteiger partial charge is 0.367 e. The SMILES string of the molecule is O=C(COCc1ccccc1Cl)NC[C@H]1CCN(C2CC2)C1. The standard InChI is InChI=1S/C17H23ClN2O2/c18-16-4-2-1-3-14(16)11-22-12-17(21)19-9-13-7-8-20(10-13)15-5-6-15/h1-4,13,15H,5-12H2,(H,19,21)/t13-/m1/s1. The Hall–Kier alpha value is -1.10. The molecule has 5 heteroatoms. The molecule has 0 aromatic heterocycles. The quantitative estimate of drug-likeness (QED) is 0.838. The van der Waals surface area contributed by atoms with Gasteiger partial charge >= 0.3 is 0 Å². The molecular weight excluding hydrogens is 300 g/mol. The molecule has 1 heterocycles. The van der Waals surface area contributed by atoms with Crippen LogP contribution in [0, 0.1) is 5.92 Å². The van der Waals surface area contributed by atoms with E-state index in [1.54, 1.807) is 0 Å². The van der Waals surface area contributed by atoms with Crippen molar-refractivity contribution in [2.24, 2.45) is 5.92 Å². The van der Waals surface area contributed by atoms with Crippen molar-refractivity contribution < 1.29 is 9.53 Å². The monoisotopic (exact) mass is 322 g/mol. The lowest BCUT2D eigenvalue weighted by molar-refractivity contribution is -0.126. The third kappa shape index (κ3) is 4.45. The van der Waals surface area contributed by atoms with Crippen LogP contribution in [-0.2, 0) is 16.1 Å². The molecular formula is C17H23ClN2O2. The van der Waals surface area contributed by atoms with Gasteiger partial charge in [-0.1, -0.05) is 29.8 Å². The highest BCUT2D eigenvalue weighted by Crippen LogP contribution is 2.31. The predicted molar refractivity (Wildman–Crippen MR) is 86.8 cm³/mol. The molecule has 1 N–H and O–H groups in total. The molecule has 1 aromatic carbocycles. The Balaban J connectivity index is 1.30. The first-order chi connectivity index (χ1) is 10.7. The second-order valence-corrected chi connectivity index (χ2v) is 6.68. The lowest BCUT2D eigenvalue weighted by atomic mass is 10.1. The van der Waals surface area contributed by atoms with Crippen molar-refractivity contribution in [1.29, 1.82) is 0 Å². The van der Waals surface area contributed by atoms with Crippen LogP contribution < -0.4 is 5.32 Å². The molecule has 3 rings (SSSR count). The van der Waals surface area contributed by atoms with Crippen molar-refractivity contribution >= 4 is 17.5 Å². The minimum atomic E-state index is -0.0445. The first-order valence-corrected chi connectivity index (χ1v) is 8.42. The second-order valence-electron chi connectivity index (χ2n) is 6.27. The van der Waals surface area contributed by atoms with Gasteiger partial charge in [-0.2, -0.15) is 0 Å². The molecule has 120 valence electrons. The zero-order valence-electron chi connectivity index (χ0n) is 12.8. The van der Waals surface area contributed by atoms with Gasteiger partial charge in [-0.05, 0) is 43.4 Å². The highest BCUT2D eigenvalue weighted by Gasteiger charge is 2.34. The third-order valence-corrected chi connectivity index (χ3v) is 4.79. The summed E-state index contributed by atoms with van der Waals surface area (Å²) in [5.74, 6) is 0.546. The van der Waals surface area contributed by atoms with Gasteiger partial charge in [0.2, 0.25) is 5.91 Å². The van der Waals surface area contributed by atoms with Crippen LogP contribution in [0.3, 0.4) is 0 Å². The Bertz CT molecular complexity index is 519. The molecule has 1 aromatic rings. The summed E-state index contributed by atoms with van der Waals surface area (Å²) in [6.45, 7) is 3.54. The summed E-state index contributed by atoms with van der Waals surface area (Å²) in [4.78, 5) is 14.4. The summed E-state index contributed by atoms with van der Waals surface area (Å²) in [6, 6.07) is 8.36. The van der Waals surface area contributed by atoms with Crippen molar-refractivity contribution in [3.8, 4) is 0 Å². The summed E-state index contributed by atoms with van der Waals surface area (Å²) in [5.41, 5.74) is 0.910. The average Bonchev–Trinajstić information content (AvgIpc) is 3.26. The number of nitrogens with one attached hydrogen (secondary N) is 1. The van der Waals surface area contributed by atoms with E-state index in [9.17, 15) is 4.79 Å². The fourth-order valence-electron chi connectivity index (χ4n) is 2.98. The number of carbonyl (C=O) groups is 1. The normalized spacial score (nSPS) is 22.0. The fourth-order valence-corrected chi connectivity index (χ4v) is 3.17. The maximum Gasteiger partial charge on any atom is 0.246 e. The van der Waals surface area contributed by atoms with E-state index < -0.39 is 0 Å². The number of amides is 1. The van der Waals surface area contributed by atoms with Crippen molar-refractivity contribution in [3.63, 3.8) is 0 Å². The van der Waals surface area contributed by atoms with Crippen LogP contribution in [0.2, 0.25) is 5.02 Å². The maximum absolute atomic E-state index is 11.8. The number of rotatable bonds is 7. The minimum absolute atomic E-state index is 0.0445. The lowest BCUT2D eigenvalue weighted by Gasteiger charge is -2.15. The minimum Gasteiger partial charge on any atom is -0.367 e. The van der Waals surface area contributed by atoms with E-state index in [2.05, 4.69) is 10.2 Å². The molecule has 1 atom stereocenters. The van der Waals surface area contributed by atoms with E-state index in [1.807, 2.05) is 24.3 Å². The van der Waals surface area contributed by atoms with Gasteiger partial charge in [-0.25, -0.2) is 0 Å². The molecule has 0 radical (unpaired) electrons. The number of nitrogens with zero attached hydrogens (tertiary/aromatic N) is 1. The summed E-state index contributed by atoms with van der Waals surface area (Å²) >= 11 is 6.05. The summed E-state index contributed by atoms with van der Waals surface area (Å²) < 4.78 is 5.44. The van der Waals surface area contributed by atoms with Gasteiger partial charge in [-0.3, -0.25) is 4.79 Å². The molecule has 1 amide bonds.